The molecule has 0 aliphatic rings. The van der Waals surface area contributed by atoms with Crippen molar-refractivity contribution in [2.75, 3.05) is 29.2 Å². The molecule has 0 saturated carbocycles. The fourth-order valence-corrected chi connectivity index (χ4v) is 3.33. The van der Waals surface area contributed by atoms with Gasteiger partial charge in [-0.05, 0) is 55.0 Å². The van der Waals surface area contributed by atoms with Gasteiger partial charge in [0.1, 0.15) is 5.75 Å². The highest BCUT2D eigenvalue weighted by Gasteiger charge is 2.09. The zero-order valence-electron chi connectivity index (χ0n) is 15.4. The zero-order chi connectivity index (χ0) is 19.6. The molecule has 144 valence electrons. The standard InChI is InChI=1S/C20H23ClN2O3S/c1-14-5-3-6-16(11-14)22-19(24)7-4-10-27-13-20(25)23-17-12-15(21)8-9-18(17)26-2/h3,5-6,8-9,11-12H,4,7,10,13H2,1-2H3,(H,22,24)(H,23,25). The van der Waals surface area contributed by atoms with E-state index in [2.05, 4.69) is 10.6 Å². The second-order valence-electron chi connectivity index (χ2n) is 5.97. The van der Waals surface area contributed by atoms with Gasteiger partial charge >= 0.3 is 0 Å². The third kappa shape index (κ3) is 7.53. The highest BCUT2D eigenvalue weighted by atomic mass is 35.5. The van der Waals surface area contributed by atoms with E-state index in [4.69, 9.17) is 16.3 Å². The Morgan fingerprint density at radius 3 is 2.67 bits per heavy atom. The number of ether oxygens (including phenoxy) is 1. The summed E-state index contributed by atoms with van der Waals surface area (Å²) in [6.07, 6.45) is 1.13. The lowest BCUT2D eigenvalue weighted by Crippen LogP contribution is -2.15. The van der Waals surface area contributed by atoms with Crippen LogP contribution in [0.1, 0.15) is 18.4 Å². The Hall–Kier alpha value is -2.18. The van der Waals surface area contributed by atoms with Crippen molar-refractivity contribution in [1.82, 2.24) is 0 Å². The van der Waals surface area contributed by atoms with Gasteiger partial charge in [-0.1, -0.05) is 23.7 Å². The minimum absolute atomic E-state index is 0.0192. The number of amides is 2. The number of thioether (sulfide) groups is 1. The number of halogens is 1. The maximum absolute atomic E-state index is 12.1. The van der Waals surface area contributed by atoms with Crippen LogP contribution in [0.2, 0.25) is 5.02 Å². The summed E-state index contributed by atoms with van der Waals surface area (Å²) < 4.78 is 5.20. The molecule has 0 aliphatic carbocycles. The molecular formula is C20H23ClN2O3S. The number of hydrogen-bond donors (Lipinski definition) is 2. The molecule has 0 bridgehead atoms. The van der Waals surface area contributed by atoms with Crippen LogP contribution >= 0.6 is 23.4 Å². The van der Waals surface area contributed by atoms with Crippen molar-refractivity contribution < 1.29 is 14.3 Å². The van der Waals surface area contributed by atoms with Gasteiger partial charge in [0, 0.05) is 17.1 Å². The van der Waals surface area contributed by atoms with E-state index in [1.165, 1.54) is 18.9 Å². The number of nitrogens with one attached hydrogen (secondary N) is 2. The number of rotatable bonds is 9. The van der Waals surface area contributed by atoms with Crippen molar-refractivity contribution in [3.63, 3.8) is 0 Å². The highest BCUT2D eigenvalue weighted by molar-refractivity contribution is 7.99. The zero-order valence-corrected chi connectivity index (χ0v) is 17.0. The van der Waals surface area contributed by atoms with E-state index >= 15 is 0 Å². The maximum Gasteiger partial charge on any atom is 0.234 e. The Morgan fingerprint density at radius 1 is 1.11 bits per heavy atom. The molecule has 0 spiro atoms. The lowest BCUT2D eigenvalue weighted by molar-refractivity contribution is -0.116. The predicted octanol–water partition coefficient (Wildman–Crippen LogP) is 4.75. The molecule has 0 saturated heterocycles. The molecule has 0 radical (unpaired) electrons. The average Bonchev–Trinajstić information content (AvgIpc) is 2.61. The van der Waals surface area contributed by atoms with Gasteiger partial charge in [-0.15, -0.1) is 0 Å². The Bertz CT molecular complexity index is 799. The number of aryl methyl sites for hydroxylation is 1. The molecule has 0 heterocycles. The maximum atomic E-state index is 12.1. The van der Waals surface area contributed by atoms with Gasteiger partial charge < -0.3 is 15.4 Å². The van der Waals surface area contributed by atoms with E-state index in [1.54, 1.807) is 18.2 Å². The number of methoxy groups -OCH3 is 1. The van der Waals surface area contributed by atoms with E-state index in [0.717, 1.165) is 17.0 Å². The summed E-state index contributed by atoms with van der Waals surface area (Å²) >= 11 is 7.43. The van der Waals surface area contributed by atoms with E-state index in [-0.39, 0.29) is 11.8 Å². The minimum Gasteiger partial charge on any atom is -0.495 e. The van der Waals surface area contributed by atoms with Crippen LogP contribution in [-0.4, -0.2) is 30.4 Å². The normalized spacial score (nSPS) is 10.3. The molecule has 5 nitrogen and oxygen atoms in total. The van der Waals surface area contributed by atoms with Gasteiger partial charge in [-0.2, -0.15) is 11.8 Å². The van der Waals surface area contributed by atoms with E-state index in [1.807, 2.05) is 31.2 Å². The first-order valence-electron chi connectivity index (χ1n) is 8.55. The van der Waals surface area contributed by atoms with Crippen LogP contribution in [0.4, 0.5) is 11.4 Å². The van der Waals surface area contributed by atoms with Crippen molar-refractivity contribution >= 4 is 46.6 Å². The molecule has 0 unspecified atom stereocenters. The van der Waals surface area contributed by atoms with Gasteiger partial charge in [0.15, 0.2) is 0 Å². The second kappa shape index (κ2) is 10.8. The number of carbonyl (C=O) groups excluding carboxylic acids is 2. The number of carbonyl (C=O) groups is 2. The lowest BCUT2D eigenvalue weighted by atomic mass is 10.2. The molecular weight excluding hydrogens is 384 g/mol. The molecule has 0 atom stereocenters. The number of benzene rings is 2. The molecule has 2 N–H and O–H groups in total. The van der Waals surface area contributed by atoms with Crippen LogP contribution in [0.25, 0.3) is 0 Å². The van der Waals surface area contributed by atoms with Crippen molar-refractivity contribution in [1.29, 1.82) is 0 Å². The number of hydrogen-bond acceptors (Lipinski definition) is 4. The van der Waals surface area contributed by atoms with Crippen LogP contribution in [0.5, 0.6) is 5.75 Å². The minimum atomic E-state index is -0.134. The molecule has 2 amide bonds. The van der Waals surface area contributed by atoms with E-state index in [0.29, 0.717) is 35.1 Å². The van der Waals surface area contributed by atoms with Crippen LogP contribution in [0, 0.1) is 6.92 Å². The topological polar surface area (TPSA) is 67.4 Å². The third-order valence-electron chi connectivity index (χ3n) is 3.66. The Morgan fingerprint density at radius 2 is 1.93 bits per heavy atom. The summed E-state index contributed by atoms with van der Waals surface area (Å²) in [5, 5.41) is 6.20. The van der Waals surface area contributed by atoms with E-state index in [9.17, 15) is 9.59 Å². The Labute approximate surface area is 168 Å². The average molecular weight is 407 g/mol. The van der Waals surface area contributed by atoms with Crippen molar-refractivity contribution in [2.45, 2.75) is 19.8 Å². The van der Waals surface area contributed by atoms with Crippen LogP contribution < -0.4 is 15.4 Å². The summed E-state index contributed by atoms with van der Waals surface area (Å²) in [4.78, 5) is 24.0. The third-order valence-corrected chi connectivity index (χ3v) is 4.94. The van der Waals surface area contributed by atoms with Crippen molar-refractivity contribution in [3.05, 3.63) is 53.1 Å². The lowest BCUT2D eigenvalue weighted by Gasteiger charge is -2.10. The molecule has 2 aromatic rings. The first kappa shape index (κ1) is 21.1. The summed E-state index contributed by atoms with van der Waals surface area (Å²) in [7, 11) is 1.54. The Balaban J connectivity index is 1.66. The van der Waals surface area contributed by atoms with Gasteiger partial charge in [-0.25, -0.2) is 0 Å². The van der Waals surface area contributed by atoms with Crippen molar-refractivity contribution in [3.8, 4) is 5.75 Å². The fourth-order valence-electron chi connectivity index (χ4n) is 2.41. The highest BCUT2D eigenvalue weighted by Crippen LogP contribution is 2.27. The molecule has 7 heteroatoms. The predicted molar refractivity (Wildman–Crippen MR) is 113 cm³/mol. The molecule has 0 aliphatic heterocycles. The molecule has 2 rings (SSSR count). The number of anilines is 2. The van der Waals surface area contributed by atoms with Crippen LogP contribution in [-0.2, 0) is 9.59 Å². The van der Waals surface area contributed by atoms with Gasteiger partial charge in [0.05, 0.1) is 18.6 Å². The van der Waals surface area contributed by atoms with Gasteiger partial charge in [0.25, 0.3) is 0 Å². The first-order chi connectivity index (χ1) is 13.0. The Kier molecular flexibility index (Phi) is 8.48. The summed E-state index contributed by atoms with van der Waals surface area (Å²) in [5.74, 6) is 1.43. The second-order valence-corrected chi connectivity index (χ2v) is 7.51. The smallest absolute Gasteiger partial charge is 0.234 e. The summed E-state index contributed by atoms with van der Waals surface area (Å²) in [6.45, 7) is 1.98. The fraction of sp³-hybridized carbons (Fsp3) is 0.300. The monoisotopic (exact) mass is 406 g/mol. The van der Waals surface area contributed by atoms with E-state index < -0.39 is 0 Å². The largest absolute Gasteiger partial charge is 0.495 e. The first-order valence-corrected chi connectivity index (χ1v) is 10.1. The van der Waals surface area contributed by atoms with Crippen LogP contribution in [0.15, 0.2) is 42.5 Å². The molecule has 2 aromatic carbocycles. The molecule has 0 aromatic heterocycles. The SMILES string of the molecule is COc1ccc(Cl)cc1NC(=O)CSCCCC(=O)Nc1cccc(C)c1. The molecule has 27 heavy (non-hydrogen) atoms. The molecule has 0 fully saturated rings. The van der Waals surface area contributed by atoms with Gasteiger partial charge in [-0.3, -0.25) is 9.59 Å². The van der Waals surface area contributed by atoms with Crippen molar-refractivity contribution in [2.24, 2.45) is 0 Å². The summed E-state index contributed by atoms with van der Waals surface area (Å²) in [6, 6.07) is 12.8. The summed E-state index contributed by atoms with van der Waals surface area (Å²) in [5.41, 5.74) is 2.46. The van der Waals surface area contributed by atoms with Crippen LogP contribution in [0.3, 0.4) is 0 Å². The quantitative estimate of drug-likeness (QED) is 0.590. The van der Waals surface area contributed by atoms with Gasteiger partial charge in [0.2, 0.25) is 11.8 Å².